The van der Waals surface area contributed by atoms with Crippen molar-refractivity contribution in [1.29, 1.82) is 0 Å². The fourth-order valence-electron chi connectivity index (χ4n) is 1.14. The Kier molecular flexibility index (Phi) is 4.70. The molecule has 76 valence electrons. The lowest BCUT2D eigenvalue weighted by molar-refractivity contribution is 0.0994. The fourth-order valence-corrected chi connectivity index (χ4v) is 1.89. The number of carbonyl (C=O) groups excluding carboxylic acids is 1. The Labute approximate surface area is 88.3 Å². The average molecular weight is 210 g/mol. The van der Waals surface area contributed by atoms with Gasteiger partial charge in [-0.25, -0.2) is 0 Å². The van der Waals surface area contributed by atoms with Gasteiger partial charge in [-0.2, -0.15) is 0 Å². The number of aliphatic hydroxyl groups excluding tert-OH is 1. The highest BCUT2D eigenvalue weighted by Gasteiger charge is 2.14. The zero-order chi connectivity index (χ0) is 10.4. The second kappa shape index (κ2) is 5.83. The lowest BCUT2D eigenvalue weighted by atomic mass is 10.1. The quantitative estimate of drug-likeness (QED) is 0.755. The predicted molar refractivity (Wildman–Crippen MR) is 59.8 cm³/mol. The van der Waals surface area contributed by atoms with E-state index in [9.17, 15) is 4.79 Å². The summed E-state index contributed by atoms with van der Waals surface area (Å²) in [5, 5.41) is 8.56. The highest BCUT2D eigenvalue weighted by Crippen LogP contribution is 2.15. The molecule has 0 aliphatic rings. The molecule has 1 aromatic rings. The van der Waals surface area contributed by atoms with Crippen molar-refractivity contribution in [3.05, 3.63) is 35.9 Å². The van der Waals surface area contributed by atoms with E-state index in [0.717, 1.165) is 5.56 Å². The van der Waals surface area contributed by atoms with E-state index in [1.807, 2.05) is 37.3 Å². The Morgan fingerprint density at radius 3 is 2.64 bits per heavy atom. The molecule has 1 atom stereocenters. The summed E-state index contributed by atoms with van der Waals surface area (Å²) in [5.74, 6) is 0.740. The van der Waals surface area contributed by atoms with Gasteiger partial charge in [0.25, 0.3) is 0 Å². The lowest BCUT2D eigenvalue weighted by Gasteiger charge is -2.08. The fraction of sp³-hybridized carbons (Fsp3) is 0.364. The van der Waals surface area contributed by atoms with Crippen LogP contribution in [-0.2, 0) is 0 Å². The van der Waals surface area contributed by atoms with Gasteiger partial charge in [-0.05, 0) is 6.92 Å². The highest BCUT2D eigenvalue weighted by molar-refractivity contribution is 8.00. The van der Waals surface area contributed by atoms with E-state index in [0.29, 0.717) is 5.75 Å². The van der Waals surface area contributed by atoms with Crippen LogP contribution in [-0.4, -0.2) is 28.5 Å². The van der Waals surface area contributed by atoms with Crippen molar-refractivity contribution < 1.29 is 9.90 Å². The van der Waals surface area contributed by atoms with Crippen LogP contribution >= 0.6 is 11.8 Å². The van der Waals surface area contributed by atoms with Gasteiger partial charge < -0.3 is 5.11 Å². The minimum atomic E-state index is -0.0791. The molecule has 0 radical (unpaired) electrons. The van der Waals surface area contributed by atoms with Crippen molar-refractivity contribution in [2.24, 2.45) is 0 Å². The first-order valence-corrected chi connectivity index (χ1v) is 5.62. The number of aliphatic hydroxyl groups is 1. The van der Waals surface area contributed by atoms with Gasteiger partial charge in [-0.1, -0.05) is 30.3 Å². The van der Waals surface area contributed by atoms with Crippen LogP contribution < -0.4 is 0 Å². The third-order valence-electron chi connectivity index (χ3n) is 1.89. The largest absolute Gasteiger partial charge is 0.396 e. The number of thioether (sulfide) groups is 1. The number of carbonyl (C=O) groups is 1. The van der Waals surface area contributed by atoms with Crippen molar-refractivity contribution in [2.75, 3.05) is 12.4 Å². The maximum atomic E-state index is 11.7. The number of Topliss-reactive ketones (excluding diaryl/α,β-unsaturated/α-hetero) is 1. The van der Waals surface area contributed by atoms with Crippen molar-refractivity contribution in [3.8, 4) is 0 Å². The molecule has 0 saturated carbocycles. The van der Waals surface area contributed by atoms with Gasteiger partial charge in [0, 0.05) is 11.3 Å². The van der Waals surface area contributed by atoms with Crippen molar-refractivity contribution in [1.82, 2.24) is 0 Å². The minimum Gasteiger partial charge on any atom is -0.396 e. The van der Waals surface area contributed by atoms with Crippen LogP contribution in [0.1, 0.15) is 17.3 Å². The van der Waals surface area contributed by atoms with Gasteiger partial charge >= 0.3 is 0 Å². The Balaban J connectivity index is 2.57. The van der Waals surface area contributed by atoms with E-state index in [4.69, 9.17) is 5.11 Å². The molecule has 3 heteroatoms. The van der Waals surface area contributed by atoms with Crippen LogP contribution in [0.15, 0.2) is 30.3 Å². The number of benzene rings is 1. The molecule has 2 nitrogen and oxygen atoms in total. The Hall–Kier alpha value is -0.800. The molecule has 1 aromatic carbocycles. The predicted octanol–water partition coefficient (Wildman–Crippen LogP) is 1.98. The molecule has 1 unspecified atom stereocenters. The molecule has 0 saturated heterocycles. The second-order valence-corrected chi connectivity index (χ2v) is 4.42. The van der Waals surface area contributed by atoms with E-state index in [1.165, 1.54) is 11.8 Å². The van der Waals surface area contributed by atoms with E-state index in [1.54, 1.807) is 0 Å². The van der Waals surface area contributed by atoms with Crippen LogP contribution in [0.2, 0.25) is 0 Å². The van der Waals surface area contributed by atoms with Crippen molar-refractivity contribution in [3.63, 3.8) is 0 Å². The molecule has 0 heterocycles. The Morgan fingerprint density at radius 2 is 2.07 bits per heavy atom. The van der Waals surface area contributed by atoms with E-state index < -0.39 is 0 Å². The summed E-state index contributed by atoms with van der Waals surface area (Å²) in [6.07, 6.45) is 0. The van der Waals surface area contributed by atoms with Crippen LogP contribution in [0.3, 0.4) is 0 Å². The first-order valence-electron chi connectivity index (χ1n) is 4.57. The molecule has 0 aliphatic carbocycles. The third kappa shape index (κ3) is 3.16. The molecule has 14 heavy (non-hydrogen) atoms. The van der Waals surface area contributed by atoms with Gasteiger partial charge in [-0.3, -0.25) is 4.79 Å². The monoisotopic (exact) mass is 210 g/mol. The summed E-state index contributed by atoms with van der Waals surface area (Å²) in [4.78, 5) is 11.7. The first-order chi connectivity index (χ1) is 6.75. The summed E-state index contributed by atoms with van der Waals surface area (Å²) in [6.45, 7) is 1.99. The highest BCUT2D eigenvalue weighted by atomic mass is 32.2. The summed E-state index contributed by atoms with van der Waals surface area (Å²) < 4.78 is 0. The van der Waals surface area contributed by atoms with Gasteiger partial charge in [0.2, 0.25) is 0 Å². The minimum absolute atomic E-state index is 0.0791. The Bertz CT molecular complexity index is 285. The topological polar surface area (TPSA) is 37.3 Å². The van der Waals surface area contributed by atoms with E-state index >= 15 is 0 Å². The first kappa shape index (κ1) is 11.3. The number of rotatable bonds is 5. The second-order valence-electron chi connectivity index (χ2n) is 2.97. The number of ketones is 1. The van der Waals surface area contributed by atoms with E-state index in [2.05, 4.69) is 0 Å². The van der Waals surface area contributed by atoms with Gasteiger partial charge in [-0.15, -0.1) is 11.8 Å². The standard InChI is InChI=1S/C11H14O2S/c1-9(14-8-7-12)11(13)10-5-3-2-4-6-10/h2-6,9,12H,7-8H2,1H3. The SMILES string of the molecule is CC(SCCO)C(=O)c1ccccc1. The van der Waals surface area contributed by atoms with Crippen LogP contribution in [0.4, 0.5) is 0 Å². The molecule has 0 amide bonds. The zero-order valence-electron chi connectivity index (χ0n) is 8.14. The summed E-state index contributed by atoms with van der Waals surface area (Å²) in [6, 6.07) is 9.24. The lowest BCUT2D eigenvalue weighted by Crippen LogP contribution is -2.14. The maximum Gasteiger partial charge on any atom is 0.175 e. The normalized spacial score (nSPS) is 12.4. The van der Waals surface area contributed by atoms with Crippen LogP contribution in [0.5, 0.6) is 0 Å². The van der Waals surface area contributed by atoms with Gasteiger partial charge in [0.15, 0.2) is 5.78 Å². The molecule has 0 fully saturated rings. The van der Waals surface area contributed by atoms with Crippen molar-refractivity contribution >= 4 is 17.5 Å². The molecule has 0 spiro atoms. The molecule has 1 rings (SSSR count). The molecular weight excluding hydrogens is 196 g/mol. The number of hydrogen-bond acceptors (Lipinski definition) is 3. The zero-order valence-corrected chi connectivity index (χ0v) is 8.96. The summed E-state index contributed by atoms with van der Waals surface area (Å²) in [7, 11) is 0. The van der Waals surface area contributed by atoms with Gasteiger partial charge in [0.1, 0.15) is 0 Å². The van der Waals surface area contributed by atoms with Crippen LogP contribution in [0.25, 0.3) is 0 Å². The molecule has 0 aromatic heterocycles. The van der Waals surface area contributed by atoms with Crippen molar-refractivity contribution in [2.45, 2.75) is 12.2 Å². The molecule has 1 N–H and O–H groups in total. The molecule has 0 aliphatic heterocycles. The summed E-state index contributed by atoms with van der Waals surface area (Å²) >= 11 is 1.48. The Morgan fingerprint density at radius 1 is 1.43 bits per heavy atom. The van der Waals surface area contributed by atoms with Gasteiger partial charge in [0.05, 0.1) is 11.9 Å². The smallest absolute Gasteiger partial charge is 0.175 e. The molecule has 0 bridgehead atoms. The average Bonchev–Trinajstić information content (AvgIpc) is 2.26. The third-order valence-corrected chi connectivity index (χ3v) is 3.02. The van der Waals surface area contributed by atoms with Crippen LogP contribution in [0, 0.1) is 0 Å². The number of hydrogen-bond donors (Lipinski definition) is 1. The van der Waals surface area contributed by atoms with E-state index in [-0.39, 0.29) is 17.6 Å². The molecular formula is C11H14O2S. The maximum absolute atomic E-state index is 11.7. The summed E-state index contributed by atoms with van der Waals surface area (Å²) in [5.41, 5.74) is 0.741.